The molecule has 1 aromatic carbocycles. The number of nitrogens with one attached hydrogen (secondary N) is 1. The molecule has 0 aliphatic heterocycles. The summed E-state index contributed by atoms with van der Waals surface area (Å²) >= 11 is 0. The Balaban J connectivity index is 1.86. The Morgan fingerprint density at radius 3 is 2.80 bits per heavy atom. The van der Waals surface area contributed by atoms with Crippen molar-refractivity contribution in [3.8, 4) is 0 Å². The van der Waals surface area contributed by atoms with Crippen molar-refractivity contribution in [1.29, 1.82) is 0 Å². The van der Waals surface area contributed by atoms with E-state index < -0.39 is 0 Å². The van der Waals surface area contributed by atoms with Gasteiger partial charge in [0.1, 0.15) is 0 Å². The van der Waals surface area contributed by atoms with E-state index in [-0.39, 0.29) is 0 Å². The summed E-state index contributed by atoms with van der Waals surface area (Å²) in [5.74, 6) is 0.912. The van der Waals surface area contributed by atoms with Crippen LogP contribution in [0.25, 0.3) is 0 Å². The molecule has 0 bridgehead atoms. The lowest BCUT2D eigenvalue weighted by Gasteiger charge is -2.12. The van der Waals surface area contributed by atoms with Gasteiger partial charge < -0.3 is 5.32 Å². The molecule has 0 atom stereocenters. The molecule has 1 heteroatoms. The molecule has 1 aromatic rings. The molecule has 1 nitrogen and oxygen atoms in total. The van der Waals surface area contributed by atoms with Crippen molar-refractivity contribution >= 4 is 5.69 Å². The molecule has 15 heavy (non-hydrogen) atoms. The minimum atomic E-state index is 0.912. The summed E-state index contributed by atoms with van der Waals surface area (Å²) in [4.78, 5) is 0. The molecule has 2 rings (SSSR count). The summed E-state index contributed by atoms with van der Waals surface area (Å²) < 4.78 is 0. The highest BCUT2D eigenvalue weighted by Gasteiger charge is 2.14. The summed E-state index contributed by atoms with van der Waals surface area (Å²) in [6.07, 6.45) is 6.82. The van der Waals surface area contributed by atoms with Crippen LogP contribution in [0.15, 0.2) is 24.3 Å². The van der Waals surface area contributed by atoms with E-state index in [0.717, 1.165) is 18.9 Å². The van der Waals surface area contributed by atoms with Crippen LogP contribution in [0.1, 0.15) is 38.2 Å². The number of hydrogen-bond acceptors (Lipinski definition) is 1. The van der Waals surface area contributed by atoms with Crippen LogP contribution in [0.2, 0.25) is 0 Å². The Hall–Kier alpha value is -0.980. The Labute approximate surface area is 92.9 Å². The van der Waals surface area contributed by atoms with Crippen LogP contribution in [-0.2, 0) is 6.42 Å². The minimum absolute atomic E-state index is 0.912. The van der Waals surface area contributed by atoms with Crippen LogP contribution < -0.4 is 5.32 Å². The highest BCUT2D eigenvalue weighted by Crippen LogP contribution is 2.25. The number of hydrogen-bond donors (Lipinski definition) is 1. The van der Waals surface area contributed by atoms with Gasteiger partial charge in [0.2, 0.25) is 0 Å². The molecule has 0 heterocycles. The fourth-order valence-corrected chi connectivity index (χ4v) is 2.38. The van der Waals surface area contributed by atoms with Crippen LogP contribution in [0.4, 0.5) is 5.69 Å². The Morgan fingerprint density at radius 1 is 1.27 bits per heavy atom. The van der Waals surface area contributed by atoms with E-state index in [2.05, 4.69) is 36.5 Å². The van der Waals surface area contributed by atoms with E-state index in [4.69, 9.17) is 0 Å². The van der Waals surface area contributed by atoms with E-state index in [9.17, 15) is 0 Å². The summed E-state index contributed by atoms with van der Waals surface area (Å²) in [6, 6.07) is 8.79. The molecule has 0 aromatic heterocycles. The molecule has 1 fully saturated rings. The van der Waals surface area contributed by atoms with Crippen molar-refractivity contribution in [2.24, 2.45) is 5.92 Å². The highest BCUT2D eigenvalue weighted by atomic mass is 14.9. The van der Waals surface area contributed by atoms with Gasteiger partial charge in [0.05, 0.1) is 0 Å². The predicted molar refractivity (Wildman–Crippen MR) is 66.3 cm³/mol. The first-order valence-electron chi connectivity index (χ1n) is 6.21. The SMILES string of the molecule is CCc1cccc(NCC2CCCC2)c1. The molecular weight excluding hydrogens is 182 g/mol. The highest BCUT2D eigenvalue weighted by molar-refractivity contribution is 5.45. The zero-order valence-corrected chi connectivity index (χ0v) is 9.63. The molecular formula is C14H21N. The Kier molecular flexibility index (Phi) is 3.65. The number of benzene rings is 1. The van der Waals surface area contributed by atoms with Crippen molar-refractivity contribution < 1.29 is 0 Å². The first kappa shape index (κ1) is 10.5. The van der Waals surface area contributed by atoms with Gasteiger partial charge in [-0.25, -0.2) is 0 Å². The number of rotatable bonds is 4. The van der Waals surface area contributed by atoms with E-state index in [1.807, 2.05) is 0 Å². The zero-order valence-electron chi connectivity index (χ0n) is 9.63. The van der Waals surface area contributed by atoms with E-state index in [1.165, 1.54) is 36.9 Å². The third kappa shape index (κ3) is 2.98. The Bertz CT molecular complexity index is 300. The molecule has 0 unspecified atom stereocenters. The first-order chi connectivity index (χ1) is 7.38. The minimum Gasteiger partial charge on any atom is -0.385 e. The van der Waals surface area contributed by atoms with Gasteiger partial charge in [-0.15, -0.1) is 0 Å². The lowest BCUT2D eigenvalue weighted by molar-refractivity contribution is 0.580. The van der Waals surface area contributed by atoms with E-state index in [0.29, 0.717) is 0 Å². The second-order valence-corrected chi connectivity index (χ2v) is 4.59. The average molecular weight is 203 g/mol. The van der Waals surface area contributed by atoms with Gasteiger partial charge in [-0.05, 0) is 42.9 Å². The zero-order chi connectivity index (χ0) is 10.5. The molecule has 1 aliphatic rings. The monoisotopic (exact) mass is 203 g/mol. The standard InChI is InChI=1S/C14H21N/c1-2-12-8-5-9-14(10-12)15-11-13-6-3-4-7-13/h5,8-10,13,15H,2-4,6-7,11H2,1H3. The number of aryl methyl sites for hydroxylation is 1. The number of anilines is 1. The molecule has 1 N–H and O–H groups in total. The van der Waals surface area contributed by atoms with Gasteiger partial charge in [0.15, 0.2) is 0 Å². The molecule has 82 valence electrons. The fraction of sp³-hybridized carbons (Fsp3) is 0.571. The maximum atomic E-state index is 3.56. The topological polar surface area (TPSA) is 12.0 Å². The second-order valence-electron chi connectivity index (χ2n) is 4.59. The van der Waals surface area contributed by atoms with Gasteiger partial charge in [-0.2, -0.15) is 0 Å². The summed E-state index contributed by atoms with van der Waals surface area (Å²) in [6.45, 7) is 3.36. The molecule has 1 saturated carbocycles. The van der Waals surface area contributed by atoms with Crippen LogP contribution in [0.3, 0.4) is 0 Å². The third-order valence-corrected chi connectivity index (χ3v) is 3.40. The molecule has 0 amide bonds. The molecule has 0 spiro atoms. The molecule has 1 aliphatic carbocycles. The maximum Gasteiger partial charge on any atom is 0.0342 e. The van der Waals surface area contributed by atoms with Crippen LogP contribution in [-0.4, -0.2) is 6.54 Å². The van der Waals surface area contributed by atoms with Crippen molar-refractivity contribution in [1.82, 2.24) is 0 Å². The summed E-state index contributed by atoms with van der Waals surface area (Å²) in [5, 5.41) is 3.56. The fourth-order valence-electron chi connectivity index (χ4n) is 2.38. The van der Waals surface area contributed by atoms with Crippen molar-refractivity contribution in [2.75, 3.05) is 11.9 Å². The van der Waals surface area contributed by atoms with E-state index >= 15 is 0 Å². The second kappa shape index (κ2) is 5.20. The third-order valence-electron chi connectivity index (χ3n) is 3.40. The predicted octanol–water partition coefficient (Wildman–Crippen LogP) is 3.85. The van der Waals surface area contributed by atoms with Gasteiger partial charge in [0, 0.05) is 12.2 Å². The summed E-state index contributed by atoms with van der Waals surface area (Å²) in [5.41, 5.74) is 2.72. The Morgan fingerprint density at radius 2 is 2.07 bits per heavy atom. The lowest BCUT2D eigenvalue weighted by atomic mass is 10.1. The quantitative estimate of drug-likeness (QED) is 0.783. The normalized spacial score (nSPS) is 16.9. The van der Waals surface area contributed by atoms with Gasteiger partial charge >= 0.3 is 0 Å². The van der Waals surface area contributed by atoms with Crippen molar-refractivity contribution in [2.45, 2.75) is 39.0 Å². The van der Waals surface area contributed by atoms with Gasteiger partial charge in [-0.3, -0.25) is 0 Å². The molecule has 0 radical (unpaired) electrons. The van der Waals surface area contributed by atoms with Crippen molar-refractivity contribution in [3.05, 3.63) is 29.8 Å². The summed E-state index contributed by atoms with van der Waals surface area (Å²) in [7, 11) is 0. The lowest BCUT2D eigenvalue weighted by Crippen LogP contribution is -2.10. The van der Waals surface area contributed by atoms with E-state index in [1.54, 1.807) is 0 Å². The smallest absolute Gasteiger partial charge is 0.0342 e. The van der Waals surface area contributed by atoms with Gasteiger partial charge in [-0.1, -0.05) is 31.9 Å². The van der Waals surface area contributed by atoms with Crippen LogP contribution in [0, 0.1) is 5.92 Å². The maximum absolute atomic E-state index is 3.56. The largest absolute Gasteiger partial charge is 0.385 e. The molecule has 0 saturated heterocycles. The van der Waals surface area contributed by atoms with Crippen molar-refractivity contribution in [3.63, 3.8) is 0 Å². The van der Waals surface area contributed by atoms with Crippen LogP contribution >= 0.6 is 0 Å². The van der Waals surface area contributed by atoms with Gasteiger partial charge in [0.25, 0.3) is 0 Å². The van der Waals surface area contributed by atoms with Crippen LogP contribution in [0.5, 0.6) is 0 Å². The first-order valence-corrected chi connectivity index (χ1v) is 6.21. The average Bonchev–Trinajstić information content (AvgIpc) is 2.79.